The number of nitrogens with one attached hydrogen (secondary N) is 1. The van der Waals surface area contributed by atoms with Crippen molar-refractivity contribution in [2.45, 2.75) is 25.5 Å². The summed E-state index contributed by atoms with van der Waals surface area (Å²) >= 11 is 1.37. The van der Waals surface area contributed by atoms with Crippen molar-refractivity contribution < 1.29 is 13.9 Å². The summed E-state index contributed by atoms with van der Waals surface area (Å²) < 4.78 is 12.7. The summed E-state index contributed by atoms with van der Waals surface area (Å²) in [5, 5.41) is 9.40. The summed E-state index contributed by atoms with van der Waals surface area (Å²) in [7, 11) is 1.63. The molecule has 0 aliphatic carbocycles. The van der Waals surface area contributed by atoms with Gasteiger partial charge in [-0.25, -0.2) is 0 Å². The fourth-order valence-corrected chi connectivity index (χ4v) is 4.09. The van der Waals surface area contributed by atoms with E-state index >= 15 is 0 Å². The number of methoxy groups -OCH3 is 1. The first-order valence-electron chi connectivity index (χ1n) is 9.47. The van der Waals surface area contributed by atoms with Crippen LogP contribution < -0.4 is 4.74 Å². The molecular formula is C22H22N4O3S. The molecule has 4 rings (SSSR count). The fraction of sp³-hybridized carbons (Fsp3) is 0.227. The number of Topliss-reactive ketones (excluding diaryl/α,β-unsaturated/α-hetero) is 1. The molecule has 7 nitrogen and oxygen atoms in total. The van der Waals surface area contributed by atoms with E-state index in [1.807, 2.05) is 60.9 Å². The van der Waals surface area contributed by atoms with Crippen molar-refractivity contribution in [3.05, 3.63) is 71.4 Å². The zero-order chi connectivity index (χ0) is 21.1. The minimum Gasteiger partial charge on any atom is -0.497 e. The number of aromatic nitrogens is 4. The molecule has 0 spiro atoms. The largest absolute Gasteiger partial charge is 0.497 e. The molecule has 8 heteroatoms. The lowest BCUT2D eigenvalue weighted by Crippen LogP contribution is -2.07. The van der Waals surface area contributed by atoms with Crippen LogP contribution in [0.3, 0.4) is 0 Å². The Morgan fingerprint density at radius 2 is 2.00 bits per heavy atom. The van der Waals surface area contributed by atoms with Gasteiger partial charge in [-0.3, -0.25) is 9.36 Å². The molecule has 0 saturated heterocycles. The predicted octanol–water partition coefficient (Wildman–Crippen LogP) is 4.51. The van der Waals surface area contributed by atoms with Gasteiger partial charge in [0.05, 0.1) is 25.7 Å². The number of aromatic amines is 1. The van der Waals surface area contributed by atoms with Gasteiger partial charge < -0.3 is 14.1 Å². The second kappa shape index (κ2) is 8.62. The molecular weight excluding hydrogens is 400 g/mol. The standard InChI is InChI=1S/C22H22N4O3S/c1-14-11-19(15(2)23-14)20(27)13-30-22-25-24-21(16-6-8-17(28-3)9-7-16)26(22)12-18-5-4-10-29-18/h4-11,23H,12-13H2,1-3H3. The second-order valence-electron chi connectivity index (χ2n) is 6.90. The first-order valence-corrected chi connectivity index (χ1v) is 10.5. The van der Waals surface area contributed by atoms with E-state index in [9.17, 15) is 4.79 Å². The first kappa shape index (κ1) is 20.0. The van der Waals surface area contributed by atoms with E-state index in [1.54, 1.807) is 13.4 Å². The van der Waals surface area contributed by atoms with Crippen LogP contribution in [0.25, 0.3) is 11.4 Å². The van der Waals surface area contributed by atoms with Gasteiger partial charge in [-0.2, -0.15) is 0 Å². The summed E-state index contributed by atoms with van der Waals surface area (Å²) in [5.74, 6) is 2.60. The Labute approximate surface area is 178 Å². The summed E-state index contributed by atoms with van der Waals surface area (Å²) in [6.45, 7) is 4.32. The lowest BCUT2D eigenvalue weighted by atomic mass is 10.2. The van der Waals surface area contributed by atoms with Crippen LogP contribution in [0.15, 0.2) is 58.3 Å². The van der Waals surface area contributed by atoms with Gasteiger partial charge in [0, 0.05) is 22.5 Å². The molecule has 0 bridgehead atoms. The maximum Gasteiger partial charge on any atom is 0.192 e. The lowest BCUT2D eigenvalue weighted by Gasteiger charge is -2.09. The number of benzene rings is 1. The van der Waals surface area contributed by atoms with Crippen LogP contribution in [0.5, 0.6) is 5.75 Å². The number of carbonyl (C=O) groups is 1. The van der Waals surface area contributed by atoms with Gasteiger partial charge in [0.15, 0.2) is 16.8 Å². The number of nitrogens with zero attached hydrogens (tertiary/aromatic N) is 3. The van der Waals surface area contributed by atoms with E-state index in [0.717, 1.165) is 28.5 Å². The van der Waals surface area contributed by atoms with Gasteiger partial charge in [0.2, 0.25) is 0 Å². The SMILES string of the molecule is COc1ccc(-c2nnc(SCC(=O)c3cc(C)[nH]c3C)n2Cc2ccco2)cc1. The highest BCUT2D eigenvalue weighted by molar-refractivity contribution is 7.99. The molecule has 1 N–H and O–H groups in total. The highest BCUT2D eigenvalue weighted by Gasteiger charge is 2.19. The first-order chi connectivity index (χ1) is 14.5. The van der Waals surface area contributed by atoms with E-state index in [4.69, 9.17) is 9.15 Å². The zero-order valence-corrected chi connectivity index (χ0v) is 17.8. The van der Waals surface area contributed by atoms with Gasteiger partial charge in [-0.05, 0) is 56.3 Å². The molecule has 0 unspecified atom stereocenters. The molecule has 154 valence electrons. The van der Waals surface area contributed by atoms with E-state index in [1.165, 1.54) is 11.8 Å². The van der Waals surface area contributed by atoms with Crippen LogP contribution in [0.1, 0.15) is 27.5 Å². The Balaban J connectivity index is 1.61. The molecule has 0 fully saturated rings. The third kappa shape index (κ3) is 4.18. The van der Waals surface area contributed by atoms with Crippen molar-refractivity contribution in [2.24, 2.45) is 0 Å². The van der Waals surface area contributed by atoms with Crippen molar-refractivity contribution >= 4 is 17.5 Å². The number of thioether (sulfide) groups is 1. The van der Waals surface area contributed by atoms with E-state index in [-0.39, 0.29) is 11.5 Å². The van der Waals surface area contributed by atoms with Crippen LogP contribution in [0, 0.1) is 13.8 Å². The Bertz CT molecular complexity index is 1140. The predicted molar refractivity (Wildman–Crippen MR) is 115 cm³/mol. The molecule has 0 aliphatic rings. The number of aryl methyl sites for hydroxylation is 2. The van der Waals surface area contributed by atoms with E-state index in [0.29, 0.717) is 23.1 Å². The molecule has 30 heavy (non-hydrogen) atoms. The third-order valence-electron chi connectivity index (χ3n) is 4.74. The highest BCUT2D eigenvalue weighted by Crippen LogP contribution is 2.27. The second-order valence-corrected chi connectivity index (χ2v) is 7.85. The topological polar surface area (TPSA) is 85.9 Å². The molecule has 4 aromatic rings. The Hall–Kier alpha value is -3.26. The molecule has 0 saturated carbocycles. The van der Waals surface area contributed by atoms with Gasteiger partial charge in [0.25, 0.3) is 0 Å². The van der Waals surface area contributed by atoms with Crippen LogP contribution in [0.4, 0.5) is 0 Å². The van der Waals surface area contributed by atoms with Crippen LogP contribution >= 0.6 is 11.8 Å². The number of carbonyl (C=O) groups excluding carboxylic acids is 1. The summed E-state index contributed by atoms with van der Waals surface area (Å²) in [4.78, 5) is 15.9. The van der Waals surface area contributed by atoms with Gasteiger partial charge in [-0.1, -0.05) is 11.8 Å². The third-order valence-corrected chi connectivity index (χ3v) is 5.71. The number of hydrogen-bond donors (Lipinski definition) is 1. The highest BCUT2D eigenvalue weighted by atomic mass is 32.2. The minimum atomic E-state index is 0.0559. The minimum absolute atomic E-state index is 0.0559. The summed E-state index contributed by atoms with van der Waals surface area (Å²) in [6.07, 6.45) is 1.64. The smallest absolute Gasteiger partial charge is 0.192 e. The van der Waals surface area contributed by atoms with Gasteiger partial charge in [0.1, 0.15) is 11.5 Å². The van der Waals surface area contributed by atoms with Crippen molar-refractivity contribution in [3.8, 4) is 17.1 Å². The number of hydrogen-bond acceptors (Lipinski definition) is 6. The van der Waals surface area contributed by atoms with Crippen molar-refractivity contribution in [2.75, 3.05) is 12.9 Å². The number of H-pyrrole nitrogens is 1. The lowest BCUT2D eigenvalue weighted by molar-refractivity contribution is 0.102. The summed E-state index contributed by atoms with van der Waals surface area (Å²) in [5.41, 5.74) is 3.48. The van der Waals surface area contributed by atoms with Crippen molar-refractivity contribution in [1.82, 2.24) is 19.7 Å². The van der Waals surface area contributed by atoms with Gasteiger partial charge >= 0.3 is 0 Å². The molecule has 0 radical (unpaired) electrons. The molecule has 0 aliphatic heterocycles. The maximum absolute atomic E-state index is 12.7. The molecule has 0 atom stereocenters. The monoisotopic (exact) mass is 422 g/mol. The molecule has 1 aromatic carbocycles. The van der Waals surface area contributed by atoms with Crippen LogP contribution in [-0.4, -0.2) is 38.4 Å². The summed E-state index contributed by atoms with van der Waals surface area (Å²) in [6, 6.07) is 13.3. The molecule has 3 aromatic heterocycles. The zero-order valence-electron chi connectivity index (χ0n) is 17.0. The van der Waals surface area contributed by atoms with Crippen LogP contribution in [-0.2, 0) is 6.54 Å². The Morgan fingerprint density at radius 1 is 1.20 bits per heavy atom. The fourth-order valence-electron chi connectivity index (χ4n) is 3.27. The van der Waals surface area contributed by atoms with Gasteiger partial charge in [-0.15, -0.1) is 10.2 Å². The number of rotatable bonds is 8. The number of ether oxygens (including phenoxy) is 1. The Morgan fingerprint density at radius 3 is 2.63 bits per heavy atom. The van der Waals surface area contributed by atoms with Crippen molar-refractivity contribution in [3.63, 3.8) is 0 Å². The van der Waals surface area contributed by atoms with E-state index < -0.39 is 0 Å². The molecule has 3 heterocycles. The normalized spacial score (nSPS) is 11.0. The molecule has 0 amide bonds. The van der Waals surface area contributed by atoms with Crippen LogP contribution in [0.2, 0.25) is 0 Å². The van der Waals surface area contributed by atoms with E-state index in [2.05, 4.69) is 15.2 Å². The Kier molecular flexibility index (Phi) is 5.76. The quantitative estimate of drug-likeness (QED) is 0.332. The average Bonchev–Trinajstić information content (AvgIpc) is 3.47. The number of furan rings is 1. The number of ketones is 1. The van der Waals surface area contributed by atoms with Crippen molar-refractivity contribution in [1.29, 1.82) is 0 Å². The maximum atomic E-state index is 12.7. The average molecular weight is 423 g/mol.